The Morgan fingerprint density at radius 1 is 1.02 bits per heavy atom. The molecule has 0 atom stereocenters. The average molecular weight is 572 g/mol. The number of nitrogens with one attached hydrogen (secondary N) is 2. The molecule has 0 unspecified atom stereocenters. The van der Waals surface area contributed by atoms with Gasteiger partial charge < -0.3 is 15.4 Å². The molecule has 0 bridgehead atoms. The lowest BCUT2D eigenvalue weighted by Gasteiger charge is -2.35. The molecule has 1 aliphatic heterocycles. The minimum atomic E-state index is -0.534. The van der Waals surface area contributed by atoms with Crippen molar-refractivity contribution in [1.82, 2.24) is 19.9 Å². The number of likely N-dealkylation sites (tertiary alicyclic amines) is 1. The zero-order valence-electron chi connectivity index (χ0n) is 24.7. The topological polar surface area (TPSA) is 94.1 Å². The number of anilines is 1. The van der Waals surface area contributed by atoms with Crippen molar-refractivity contribution >= 4 is 22.6 Å². The van der Waals surface area contributed by atoms with E-state index in [-0.39, 0.29) is 5.91 Å². The maximum Gasteiger partial charge on any atom is 0.255 e. The van der Waals surface area contributed by atoms with Crippen molar-refractivity contribution in [2.75, 3.05) is 18.4 Å². The first-order valence-electron chi connectivity index (χ1n) is 15.2. The first-order chi connectivity index (χ1) is 20.8. The summed E-state index contributed by atoms with van der Waals surface area (Å²) in [6.07, 6.45) is 5.70. The van der Waals surface area contributed by atoms with Crippen LogP contribution in [-0.4, -0.2) is 49.6 Å². The number of aromatic amines is 1. The Hall–Kier alpha value is -4.33. The molecule has 7 rings (SSSR count). The van der Waals surface area contributed by atoms with Crippen LogP contribution < -0.4 is 5.32 Å². The summed E-state index contributed by atoms with van der Waals surface area (Å²) >= 11 is 0. The standard InChI is InChI=1S/C36H37N5O2/c1-23-29(4-3-5-31(23)40-35(42)28-14-12-26(13-15-28)25-10-11-25)33-30-20-32(39-34(30)38-22-37-33)27-8-6-24(7-9-27)21-41-18-16-36(2,43)17-19-41/h3-9,12-15,20,22,25,43H,10-11,16-19,21H2,1-2H3,(H,40,42)(H,37,38,39). The molecule has 3 aromatic carbocycles. The molecule has 0 radical (unpaired) electrons. The van der Waals surface area contributed by atoms with Gasteiger partial charge in [0.1, 0.15) is 12.0 Å². The van der Waals surface area contributed by atoms with E-state index in [9.17, 15) is 9.90 Å². The minimum Gasteiger partial charge on any atom is -0.390 e. The first-order valence-corrected chi connectivity index (χ1v) is 15.2. The number of carbonyl (C=O) groups excluding carboxylic acids is 1. The second-order valence-corrected chi connectivity index (χ2v) is 12.5. The van der Waals surface area contributed by atoms with Crippen LogP contribution in [-0.2, 0) is 6.54 Å². The molecule has 218 valence electrons. The zero-order valence-corrected chi connectivity index (χ0v) is 24.7. The number of rotatable bonds is 7. The third-order valence-corrected chi connectivity index (χ3v) is 9.09. The summed E-state index contributed by atoms with van der Waals surface area (Å²) in [6.45, 7) is 6.66. The molecular weight excluding hydrogens is 534 g/mol. The maximum absolute atomic E-state index is 13.1. The molecule has 1 saturated carbocycles. The highest BCUT2D eigenvalue weighted by Gasteiger charge is 2.27. The van der Waals surface area contributed by atoms with Crippen LogP contribution in [0.3, 0.4) is 0 Å². The molecule has 0 spiro atoms. The lowest BCUT2D eigenvalue weighted by molar-refractivity contribution is -0.00730. The summed E-state index contributed by atoms with van der Waals surface area (Å²) in [5.74, 6) is 0.550. The van der Waals surface area contributed by atoms with E-state index in [1.165, 1.54) is 24.0 Å². The number of benzene rings is 3. The average Bonchev–Trinajstić information content (AvgIpc) is 3.77. The fourth-order valence-electron chi connectivity index (χ4n) is 6.10. The van der Waals surface area contributed by atoms with Crippen LogP contribution in [0.4, 0.5) is 5.69 Å². The summed E-state index contributed by atoms with van der Waals surface area (Å²) in [5.41, 5.74) is 9.04. The van der Waals surface area contributed by atoms with Gasteiger partial charge in [0.15, 0.2) is 0 Å². The Morgan fingerprint density at radius 2 is 1.77 bits per heavy atom. The largest absolute Gasteiger partial charge is 0.390 e. The number of nitrogens with zero attached hydrogens (tertiary/aromatic N) is 3. The van der Waals surface area contributed by atoms with Crippen molar-refractivity contribution < 1.29 is 9.90 Å². The van der Waals surface area contributed by atoms with E-state index in [0.29, 0.717) is 11.5 Å². The molecule has 5 aromatic rings. The molecule has 7 heteroatoms. The summed E-state index contributed by atoms with van der Waals surface area (Å²) in [4.78, 5) is 28.2. The molecule has 2 fully saturated rings. The number of hydrogen-bond acceptors (Lipinski definition) is 5. The monoisotopic (exact) mass is 571 g/mol. The van der Waals surface area contributed by atoms with Crippen LogP contribution in [0.2, 0.25) is 0 Å². The van der Waals surface area contributed by atoms with Gasteiger partial charge in [-0.1, -0.05) is 48.5 Å². The number of hydrogen-bond donors (Lipinski definition) is 3. The van der Waals surface area contributed by atoms with E-state index in [0.717, 1.165) is 77.3 Å². The molecule has 1 saturated heterocycles. The van der Waals surface area contributed by atoms with Gasteiger partial charge in [-0.15, -0.1) is 0 Å². The number of fused-ring (bicyclic) bond motifs is 1. The third kappa shape index (κ3) is 5.83. The number of carbonyl (C=O) groups is 1. The second-order valence-electron chi connectivity index (χ2n) is 12.5. The lowest BCUT2D eigenvalue weighted by atomic mass is 9.93. The fraction of sp³-hybridized carbons (Fsp3) is 0.306. The zero-order chi connectivity index (χ0) is 29.6. The van der Waals surface area contributed by atoms with Gasteiger partial charge in [0.25, 0.3) is 5.91 Å². The molecule has 3 heterocycles. The van der Waals surface area contributed by atoms with Gasteiger partial charge in [-0.05, 0) is 92.0 Å². The molecule has 2 aromatic heterocycles. The Bertz CT molecular complexity index is 1780. The molecule has 2 aliphatic rings. The summed E-state index contributed by atoms with van der Waals surface area (Å²) < 4.78 is 0. The summed E-state index contributed by atoms with van der Waals surface area (Å²) in [6, 6.07) is 24.7. The highest BCUT2D eigenvalue weighted by atomic mass is 16.3. The van der Waals surface area contributed by atoms with Crippen LogP contribution in [0, 0.1) is 6.92 Å². The van der Waals surface area contributed by atoms with Crippen LogP contribution in [0.5, 0.6) is 0 Å². The quantitative estimate of drug-likeness (QED) is 0.194. The van der Waals surface area contributed by atoms with E-state index in [4.69, 9.17) is 0 Å². The van der Waals surface area contributed by atoms with Crippen LogP contribution in [0.25, 0.3) is 33.5 Å². The van der Waals surface area contributed by atoms with Gasteiger partial charge in [0.05, 0.1) is 11.3 Å². The van der Waals surface area contributed by atoms with Crippen molar-refractivity contribution in [3.63, 3.8) is 0 Å². The van der Waals surface area contributed by atoms with Gasteiger partial charge in [-0.3, -0.25) is 9.69 Å². The number of aliphatic hydroxyl groups is 1. The molecule has 3 N–H and O–H groups in total. The normalized spacial score (nSPS) is 16.8. The Kier molecular flexibility index (Phi) is 7.07. The van der Waals surface area contributed by atoms with E-state index >= 15 is 0 Å². The minimum absolute atomic E-state index is 0.116. The van der Waals surface area contributed by atoms with Crippen molar-refractivity contribution in [3.05, 3.63) is 101 Å². The van der Waals surface area contributed by atoms with Crippen LogP contribution in [0.15, 0.2) is 79.1 Å². The molecule has 7 nitrogen and oxygen atoms in total. The molecular formula is C36H37N5O2. The number of aromatic nitrogens is 3. The maximum atomic E-state index is 13.1. The van der Waals surface area contributed by atoms with Gasteiger partial charge in [0, 0.05) is 47.5 Å². The highest BCUT2D eigenvalue weighted by Crippen LogP contribution is 2.40. The van der Waals surface area contributed by atoms with Crippen molar-refractivity contribution in [2.45, 2.75) is 57.6 Å². The summed E-state index contributed by atoms with van der Waals surface area (Å²) in [7, 11) is 0. The van der Waals surface area contributed by atoms with Crippen molar-refractivity contribution in [2.24, 2.45) is 0 Å². The van der Waals surface area contributed by atoms with E-state index in [1.807, 2.05) is 44.2 Å². The lowest BCUT2D eigenvalue weighted by Crippen LogP contribution is -2.41. The van der Waals surface area contributed by atoms with Crippen molar-refractivity contribution in [3.8, 4) is 22.5 Å². The van der Waals surface area contributed by atoms with E-state index in [1.54, 1.807) is 6.33 Å². The second kappa shape index (κ2) is 11.1. The summed E-state index contributed by atoms with van der Waals surface area (Å²) in [5, 5.41) is 14.3. The number of piperidine rings is 1. The number of H-pyrrole nitrogens is 1. The molecule has 1 aliphatic carbocycles. The predicted octanol–water partition coefficient (Wildman–Crippen LogP) is 7.08. The highest BCUT2D eigenvalue weighted by molar-refractivity contribution is 6.05. The van der Waals surface area contributed by atoms with Crippen LogP contribution >= 0.6 is 0 Å². The first kappa shape index (κ1) is 27.5. The smallest absolute Gasteiger partial charge is 0.255 e. The van der Waals surface area contributed by atoms with Crippen molar-refractivity contribution in [1.29, 1.82) is 0 Å². The van der Waals surface area contributed by atoms with Crippen LogP contribution in [0.1, 0.15) is 65.6 Å². The van der Waals surface area contributed by atoms with E-state index < -0.39 is 5.60 Å². The molecule has 1 amide bonds. The van der Waals surface area contributed by atoms with Gasteiger partial charge in [0.2, 0.25) is 0 Å². The third-order valence-electron chi connectivity index (χ3n) is 9.09. The predicted molar refractivity (Wildman–Crippen MR) is 171 cm³/mol. The number of amides is 1. The van der Waals surface area contributed by atoms with Gasteiger partial charge in [-0.25, -0.2) is 9.97 Å². The van der Waals surface area contributed by atoms with Gasteiger partial charge >= 0.3 is 0 Å². The van der Waals surface area contributed by atoms with Gasteiger partial charge in [-0.2, -0.15) is 0 Å². The molecule has 43 heavy (non-hydrogen) atoms. The fourth-order valence-corrected chi connectivity index (χ4v) is 6.10. The Morgan fingerprint density at radius 3 is 2.49 bits per heavy atom. The SMILES string of the molecule is Cc1c(NC(=O)c2ccc(C3CC3)cc2)cccc1-c1ncnc2[nH]c(-c3ccc(CN4CCC(C)(O)CC4)cc3)cc12. The van der Waals surface area contributed by atoms with E-state index in [2.05, 4.69) is 67.6 Å². The Labute approximate surface area is 252 Å². The Balaban J connectivity index is 1.10.